The lowest BCUT2D eigenvalue weighted by molar-refractivity contribution is 0.494. The Balaban J connectivity index is 2.25. The standard InChI is InChI=1S/C14H14F2N2/c1-9-6-7-17-8-13(9)18-10(2)11-4-3-5-12(15)14(11)16/h3-8,10,18H,1-2H3. The van der Waals surface area contributed by atoms with Gasteiger partial charge in [-0.05, 0) is 31.5 Å². The maximum absolute atomic E-state index is 13.6. The Morgan fingerprint density at radius 3 is 2.72 bits per heavy atom. The van der Waals surface area contributed by atoms with E-state index in [-0.39, 0.29) is 6.04 Å². The van der Waals surface area contributed by atoms with Gasteiger partial charge in [-0.15, -0.1) is 0 Å². The molecule has 0 aliphatic rings. The zero-order chi connectivity index (χ0) is 13.1. The van der Waals surface area contributed by atoms with E-state index >= 15 is 0 Å². The Hall–Kier alpha value is -1.97. The molecule has 4 heteroatoms. The maximum atomic E-state index is 13.6. The van der Waals surface area contributed by atoms with E-state index in [1.807, 2.05) is 13.0 Å². The van der Waals surface area contributed by atoms with E-state index < -0.39 is 11.6 Å². The molecule has 0 bridgehead atoms. The lowest BCUT2D eigenvalue weighted by atomic mass is 10.1. The number of hydrogen-bond donors (Lipinski definition) is 1. The minimum absolute atomic E-state index is 0.304. The minimum Gasteiger partial charge on any atom is -0.377 e. The highest BCUT2D eigenvalue weighted by Gasteiger charge is 2.14. The lowest BCUT2D eigenvalue weighted by Gasteiger charge is -2.17. The molecule has 18 heavy (non-hydrogen) atoms. The summed E-state index contributed by atoms with van der Waals surface area (Å²) in [6.07, 6.45) is 3.36. The highest BCUT2D eigenvalue weighted by molar-refractivity contribution is 5.49. The fourth-order valence-electron chi connectivity index (χ4n) is 1.78. The van der Waals surface area contributed by atoms with Gasteiger partial charge in [-0.1, -0.05) is 12.1 Å². The summed E-state index contributed by atoms with van der Waals surface area (Å²) in [5.41, 5.74) is 2.13. The second-order valence-corrected chi connectivity index (χ2v) is 4.20. The van der Waals surface area contributed by atoms with Crippen molar-refractivity contribution >= 4 is 5.69 Å². The number of hydrogen-bond acceptors (Lipinski definition) is 2. The van der Waals surface area contributed by atoms with E-state index in [1.54, 1.807) is 25.4 Å². The summed E-state index contributed by atoms with van der Waals surface area (Å²) in [6.45, 7) is 3.71. The van der Waals surface area contributed by atoms with Gasteiger partial charge in [0.2, 0.25) is 0 Å². The summed E-state index contributed by atoms with van der Waals surface area (Å²) < 4.78 is 26.8. The average molecular weight is 248 g/mol. The van der Waals surface area contributed by atoms with Crippen LogP contribution in [0.4, 0.5) is 14.5 Å². The Morgan fingerprint density at radius 2 is 2.00 bits per heavy atom. The third-order valence-electron chi connectivity index (χ3n) is 2.86. The molecule has 2 nitrogen and oxygen atoms in total. The van der Waals surface area contributed by atoms with Crippen LogP contribution < -0.4 is 5.32 Å². The van der Waals surface area contributed by atoms with Crippen LogP contribution in [-0.4, -0.2) is 4.98 Å². The second kappa shape index (κ2) is 5.12. The number of halogens is 2. The first-order chi connectivity index (χ1) is 8.59. The van der Waals surface area contributed by atoms with Crippen molar-refractivity contribution in [2.45, 2.75) is 19.9 Å². The Bertz CT molecular complexity index is 555. The van der Waals surface area contributed by atoms with Crippen molar-refractivity contribution in [3.63, 3.8) is 0 Å². The quantitative estimate of drug-likeness (QED) is 0.892. The van der Waals surface area contributed by atoms with Crippen LogP contribution in [0.2, 0.25) is 0 Å². The van der Waals surface area contributed by atoms with Gasteiger partial charge >= 0.3 is 0 Å². The molecule has 1 unspecified atom stereocenters. The predicted molar refractivity (Wildman–Crippen MR) is 67.4 cm³/mol. The monoisotopic (exact) mass is 248 g/mol. The molecule has 1 aromatic carbocycles. The van der Waals surface area contributed by atoms with Crippen molar-refractivity contribution in [2.75, 3.05) is 5.32 Å². The molecule has 0 amide bonds. The van der Waals surface area contributed by atoms with Gasteiger partial charge in [0.25, 0.3) is 0 Å². The van der Waals surface area contributed by atoms with Crippen LogP contribution in [0, 0.1) is 18.6 Å². The molecule has 94 valence electrons. The first-order valence-electron chi connectivity index (χ1n) is 5.70. The number of pyridine rings is 1. The largest absolute Gasteiger partial charge is 0.377 e. The number of aryl methyl sites for hydroxylation is 1. The van der Waals surface area contributed by atoms with Gasteiger partial charge in [0.15, 0.2) is 11.6 Å². The molecule has 0 fully saturated rings. The van der Waals surface area contributed by atoms with E-state index in [1.165, 1.54) is 6.07 Å². The van der Waals surface area contributed by atoms with E-state index in [0.29, 0.717) is 5.56 Å². The predicted octanol–water partition coefficient (Wildman–Crippen LogP) is 3.84. The number of nitrogens with zero attached hydrogens (tertiary/aromatic N) is 1. The number of aromatic nitrogens is 1. The van der Waals surface area contributed by atoms with E-state index in [4.69, 9.17) is 0 Å². The molecule has 0 aliphatic carbocycles. The molecule has 0 saturated carbocycles. The first-order valence-corrected chi connectivity index (χ1v) is 5.70. The fraction of sp³-hybridized carbons (Fsp3) is 0.214. The molecule has 1 heterocycles. The summed E-state index contributed by atoms with van der Waals surface area (Å²) in [4.78, 5) is 4.00. The minimum atomic E-state index is -0.830. The molecule has 0 aliphatic heterocycles. The number of anilines is 1. The third kappa shape index (κ3) is 2.47. The highest BCUT2D eigenvalue weighted by Crippen LogP contribution is 2.24. The topological polar surface area (TPSA) is 24.9 Å². The molecule has 0 saturated heterocycles. The summed E-state index contributed by atoms with van der Waals surface area (Å²) in [6, 6.07) is 5.71. The molecule has 1 aromatic heterocycles. The molecule has 1 atom stereocenters. The van der Waals surface area contributed by atoms with E-state index in [9.17, 15) is 8.78 Å². The Kier molecular flexibility index (Phi) is 3.55. The van der Waals surface area contributed by atoms with Crippen LogP contribution in [0.25, 0.3) is 0 Å². The zero-order valence-corrected chi connectivity index (χ0v) is 10.2. The smallest absolute Gasteiger partial charge is 0.164 e. The summed E-state index contributed by atoms with van der Waals surface area (Å²) >= 11 is 0. The van der Waals surface area contributed by atoms with Crippen LogP contribution in [0.5, 0.6) is 0 Å². The highest BCUT2D eigenvalue weighted by atomic mass is 19.2. The Labute approximate surface area is 105 Å². The molecule has 2 rings (SSSR count). The van der Waals surface area contributed by atoms with Crippen LogP contribution >= 0.6 is 0 Å². The van der Waals surface area contributed by atoms with E-state index in [2.05, 4.69) is 10.3 Å². The van der Waals surface area contributed by atoms with Crippen molar-refractivity contribution in [2.24, 2.45) is 0 Å². The Morgan fingerprint density at radius 1 is 1.22 bits per heavy atom. The SMILES string of the molecule is Cc1ccncc1NC(C)c1cccc(F)c1F. The van der Waals surface area contributed by atoms with Crippen LogP contribution in [0.3, 0.4) is 0 Å². The third-order valence-corrected chi connectivity index (χ3v) is 2.86. The maximum Gasteiger partial charge on any atom is 0.164 e. The first kappa shape index (κ1) is 12.5. The van der Waals surface area contributed by atoms with E-state index in [0.717, 1.165) is 17.3 Å². The number of benzene rings is 1. The van der Waals surface area contributed by atoms with Crippen molar-refractivity contribution in [3.8, 4) is 0 Å². The fourth-order valence-corrected chi connectivity index (χ4v) is 1.78. The molecule has 0 radical (unpaired) electrons. The average Bonchev–Trinajstić information content (AvgIpc) is 2.35. The molecule has 0 spiro atoms. The summed E-state index contributed by atoms with van der Waals surface area (Å²) in [7, 11) is 0. The van der Waals surface area contributed by atoms with Gasteiger partial charge in [-0.2, -0.15) is 0 Å². The van der Waals surface area contributed by atoms with Crippen LogP contribution in [0.1, 0.15) is 24.1 Å². The van der Waals surface area contributed by atoms with Gasteiger partial charge in [0.05, 0.1) is 17.9 Å². The zero-order valence-electron chi connectivity index (χ0n) is 10.2. The van der Waals surface area contributed by atoms with Crippen LogP contribution in [0.15, 0.2) is 36.7 Å². The van der Waals surface area contributed by atoms with Gasteiger partial charge in [0, 0.05) is 11.8 Å². The molecule has 2 aromatic rings. The van der Waals surface area contributed by atoms with Crippen LogP contribution in [-0.2, 0) is 0 Å². The van der Waals surface area contributed by atoms with Crippen molar-refractivity contribution in [3.05, 3.63) is 59.4 Å². The lowest BCUT2D eigenvalue weighted by Crippen LogP contribution is -2.10. The summed E-state index contributed by atoms with van der Waals surface area (Å²) in [5.74, 6) is -1.64. The number of nitrogens with one attached hydrogen (secondary N) is 1. The molecule has 1 N–H and O–H groups in total. The van der Waals surface area contributed by atoms with Gasteiger partial charge < -0.3 is 5.32 Å². The molecular weight excluding hydrogens is 234 g/mol. The number of rotatable bonds is 3. The van der Waals surface area contributed by atoms with Crippen molar-refractivity contribution < 1.29 is 8.78 Å². The van der Waals surface area contributed by atoms with Crippen molar-refractivity contribution in [1.82, 2.24) is 4.98 Å². The second-order valence-electron chi connectivity index (χ2n) is 4.20. The summed E-state index contributed by atoms with van der Waals surface area (Å²) in [5, 5.41) is 3.13. The normalized spacial score (nSPS) is 12.2. The van der Waals surface area contributed by atoms with Crippen molar-refractivity contribution in [1.29, 1.82) is 0 Å². The van der Waals surface area contributed by atoms with Gasteiger partial charge in [0.1, 0.15) is 0 Å². The molecular formula is C14H14F2N2. The van der Waals surface area contributed by atoms with Gasteiger partial charge in [-0.3, -0.25) is 4.98 Å². The van der Waals surface area contributed by atoms with Gasteiger partial charge in [-0.25, -0.2) is 8.78 Å².